The van der Waals surface area contributed by atoms with E-state index in [-0.39, 0.29) is 15.9 Å². The fourth-order valence-corrected chi connectivity index (χ4v) is 3.02. The molecule has 5 heteroatoms. The minimum Gasteiger partial charge on any atom is -0.481 e. The Bertz CT molecular complexity index is 395. The van der Waals surface area contributed by atoms with Crippen LogP contribution in [-0.2, 0) is 9.22 Å². The van der Waals surface area contributed by atoms with E-state index >= 15 is 0 Å². The molecule has 18 heavy (non-hydrogen) atoms. The molecule has 2 rings (SSSR count). The van der Waals surface area contributed by atoms with E-state index in [4.69, 9.17) is 9.53 Å². The minimum atomic E-state index is -0.821. The third kappa shape index (κ3) is 3.41. The molecule has 2 radical (unpaired) electrons. The molecule has 1 aliphatic rings. The smallest absolute Gasteiger partial charge is 0.306 e. The number of aliphatic carboxylic acids is 1. The maximum absolute atomic E-state index is 10.8. The average Bonchev–Trinajstić information content (AvgIpc) is 2.38. The summed E-state index contributed by atoms with van der Waals surface area (Å²) in [5, 5.41) is 19.9. The van der Waals surface area contributed by atoms with Gasteiger partial charge in [-0.3, -0.25) is 4.79 Å². The summed E-state index contributed by atoms with van der Waals surface area (Å²) in [7, 11) is 0.201. The van der Waals surface area contributed by atoms with Crippen molar-refractivity contribution in [3.05, 3.63) is 30.3 Å². The Kier molecular flexibility index (Phi) is 4.52. The van der Waals surface area contributed by atoms with E-state index in [1.165, 1.54) is 0 Å². The van der Waals surface area contributed by atoms with Crippen LogP contribution in [0.15, 0.2) is 30.3 Å². The van der Waals surface area contributed by atoms with Crippen LogP contribution in [0.3, 0.4) is 0 Å². The van der Waals surface area contributed by atoms with Crippen LogP contribution in [0.25, 0.3) is 0 Å². The summed E-state index contributed by atoms with van der Waals surface area (Å²) >= 11 is 0. The summed E-state index contributed by atoms with van der Waals surface area (Å²) in [6.07, 6.45) is 0.573. The van der Waals surface area contributed by atoms with Crippen molar-refractivity contribution in [1.29, 1.82) is 0 Å². The van der Waals surface area contributed by atoms with Crippen molar-refractivity contribution >= 4 is 20.9 Å². The van der Waals surface area contributed by atoms with Gasteiger partial charge in [0.2, 0.25) is 0 Å². The molecule has 3 atom stereocenters. The van der Waals surface area contributed by atoms with E-state index < -0.39 is 18.0 Å². The number of rotatable bonds is 4. The molecule has 1 aliphatic carbocycles. The van der Waals surface area contributed by atoms with Gasteiger partial charge in [0, 0.05) is 0 Å². The van der Waals surface area contributed by atoms with Crippen molar-refractivity contribution in [3.8, 4) is 0 Å². The lowest BCUT2D eigenvalue weighted by molar-refractivity contribution is -0.145. The number of hydrogen-bond donors (Lipinski definition) is 2. The second kappa shape index (κ2) is 6.13. The predicted molar refractivity (Wildman–Crippen MR) is 67.7 cm³/mol. The third-order valence-electron chi connectivity index (χ3n) is 3.21. The summed E-state index contributed by atoms with van der Waals surface area (Å²) < 4.78 is 5.69. The normalized spacial score (nSPS) is 27.9. The van der Waals surface area contributed by atoms with Crippen LogP contribution < -0.4 is 5.19 Å². The first-order valence-corrected chi connectivity index (χ1v) is 6.95. The van der Waals surface area contributed by atoms with Crippen LogP contribution in [-0.4, -0.2) is 38.2 Å². The van der Waals surface area contributed by atoms with Gasteiger partial charge in [0.05, 0.1) is 18.1 Å². The quantitative estimate of drug-likeness (QED) is 0.780. The lowest BCUT2D eigenvalue weighted by Gasteiger charge is -2.31. The monoisotopic (exact) mass is 264 g/mol. The minimum absolute atomic E-state index is 0.201. The molecule has 0 aromatic heterocycles. The van der Waals surface area contributed by atoms with Gasteiger partial charge in [0.15, 0.2) is 0 Å². The van der Waals surface area contributed by atoms with Crippen LogP contribution in [0.5, 0.6) is 0 Å². The lowest BCUT2D eigenvalue weighted by atomic mass is 9.85. The molecule has 1 fully saturated rings. The van der Waals surface area contributed by atoms with Crippen molar-refractivity contribution in [2.24, 2.45) is 5.92 Å². The van der Waals surface area contributed by atoms with Crippen molar-refractivity contribution in [2.45, 2.75) is 31.5 Å². The summed E-state index contributed by atoms with van der Waals surface area (Å²) in [6, 6.07) is 9.80. The van der Waals surface area contributed by atoms with E-state index in [2.05, 4.69) is 0 Å². The first kappa shape index (κ1) is 13.3. The van der Waals surface area contributed by atoms with Gasteiger partial charge < -0.3 is 14.6 Å². The molecule has 96 valence electrons. The van der Waals surface area contributed by atoms with Gasteiger partial charge in [0.25, 0.3) is 9.76 Å². The zero-order valence-corrected chi connectivity index (χ0v) is 11.0. The lowest BCUT2D eigenvalue weighted by Crippen LogP contribution is -2.40. The number of carboxylic acid groups (broad SMARTS) is 1. The summed E-state index contributed by atoms with van der Waals surface area (Å²) in [5.41, 5.74) is 0. The summed E-state index contributed by atoms with van der Waals surface area (Å²) in [5.74, 6) is -1.25. The Morgan fingerprint density at radius 3 is 2.61 bits per heavy atom. The van der Waals surface area contributed by atoms with Gasteiger partial charge in [-0.05, 0) is 24.4 Å². The largest absolute Gasteiger partial charge is 0.481 e. The number of benzene rings is 1. The molecule has 0 amide bonds. The number of aliphatic hydroxyl groups excluding tert-OH is 1. The van der Waals surface area contributed by atoms with Gasteiger partial charge in [-0.15, -0.1) is 0 Å². The zero-order chi connectivity index (χ0) is 13.0. The molecular formula is C13H16O4Si. The Labute approximate surface area is 109 Å². The molecule has 0 heterocycles. The average molecular weight is 264 g/mol. The molecule has 0 aliphatic heterocycles. The molecule has 1 aromatic rings. The van der Waals surface area contributed by atoms with Gasteiger partial charge in [-0.1, -0.05) is 30.3 Å². The highest BCUT2D eigenvalue weighted by molar-refractivity contribution is 6.46. The van der Waals surface area contributed by atoms with Crippen molar-refractivity contribution in [2.75, 3.05) is 0 Å². The van der Waals surface area contributed by atoms with Crippen LogP contribution in [0.4, 0.5) is 0 Å². The summed E-state index contributed by atoms with van der Waals surface area (Å²) in [4.78, 5) is 10.8. The van der Waals surface area contributed by atoms with Crippen LogP contribution in [0.2, 0.25) is 0 Å². The number of carbonyl (C=O) groups is 1. The summed E-state index contributed by atoms with van der Waals surface area (Å²) in [6.45, 7) is 0. The second-order valence-corrected chi connectivity index (χ2v) is 5.56. The number of aliphatic hydroxyl groups is 1. The molecule has 1 saturated carbocycles. The molecule has 2 N–H and O–H groups in total. The highest BCUT2D eigenvalue weighted by atomic mass is 28.2. The molecule has 0 saturated heterocycles. The third-order valence-corrected chi connectivity index (χ3v) is 4.20. The van der Waals surface area contributed by atoms with E-state index in [1.807, 2.05) is 30.3 Å². The SMILES string of the molecule is O=C(O)C1CCC(O[Si]c2ccccc2)C(O)C1. The van der Waals surface area contributed by atoms with Gasteiger partial charge in [-0.25, -0.2) is 0 Å². The van der Waals surface area contributed by atoms with Crippen molar-refractivity contribution in [1.82, 2.24) is 0 Å². The fourth-order valence-electron chi connectivity index (χ4n) is 2.13. The van der Waals surface area contributed by atoms with Gasteiger partial charge in [-0.2, -0.15) is 0 Å². The van der Waals surface area contributed by atoms with Crippen molar-refractivity contribution in [3.63, 3.8) is 0 Å². The molecule has 1 aromatic carbocycles. The Morgan fingerprint density at radius 1 is 1.28 bits per heavy atom. The number of carboxylic acids is 1. The number of hydrogen-bond acceptors (Lipinski definition) is 3. The second-order valence-electron chi connectivity index (χ2n) is 4.54. The predicted octanol–water partition coefficient (Wildman–Crippen LogP) is 0.562. The molecule has 0 spiro atoms. The van der Waals surface area contributed by atoms with Crippen LogP contribution >= 0.6 is 0 Å². The highest BCUT2D eigenvalue weighted by Gasteiger charge is 2.33. The molecule has 3 unspecified atom stereocenters. The topological polar surface area (TPSA) is 66.8 Å². The first-order chi connectivity index (χ1) is 8.66. The van der Waals surface area contributed by atoms with E-state index in [1.54, 1.807) is 0 Å². The Balaban J connectivity index is 1.83. The standard InChI is InChI=1S/C13H16O4Si/c14-11-8-9(13(15)16)6-7-12(11)17-18-10-4-2-1-3-5-10/h1-5,9,11-12,14H,6-8H2,(H,15,16). The van der Waals surface area contributed by atoms with Gasteiger partial charge >= 0.3 is 5.97 Å². The molecule has 0 bridgehead atoms. The zero-order valence-electron chi connectivity index (χ0n) is 9.95. The van der Waals surface area contributed by atoms with Gasteiger partial charge in [0.1, 0.15) is 0 Å². The van der Waals surface area contributed by atoms with Crippen molar-refractivity contribution < 1.29 is 19.4 Å². The van der Waals surface area contributed by atoms with Crippen LogP contribution in [0, 0.1) is 5.92 Å². The van der Waals surface area contributed by atoms with Crippen LogP contribution in [0.1, 0.15) is 19.3 Å². The Hall–Kier alpha value is -1.17. The maximum atomic E-state index is 10.8. The maximum Gasteiger partial charge on any atom is 0.306 e. The van der Waals surface area contributed by atoms with E-state index in [0.29, 0.717) is 19.3 Å². The first-order valence-electron chi connectivity index (χ1n) is 6.04. The fraction of sp³-hybridized carbons (Fsp3) is 0.462. The van der Waals surface area contributed by atoms with E-state index in [9.17, 15) is 9.90 Å². The molecule has 4 nitrogen and oxygen atoms in total. The Morgan fingerprint density at radius 2 is 2.00 bits per heavy atom. The van der Waals surface area contributed by atoms with E-state index in [0.717, 1.165) is 5.19 Å². The molecular weight excluding hydrogens is 248 g/mol. The highest BCUT2D eigenvalue weighted by Crippen LogP contribution is 2.26.